The van der Waals surface area contributed by atoms with Gasteiger partial charge in [0.05, 0.1) is 0 Å². The van der Waals surface area contributed by atoms with E-state index in [0.29, 0.717) is 12.6 Å². The largest absolute Gasteiger partial charge is 0.480 e. The van der Waals surface area contributed by atoms with Gasteiger partial charge in [-0.15, -0.1) is 0 Å². The molecule has 1 aliphatic carbocycles. The number of aryl methyl sites for hydroxylation is 2. The third-order valence-electron chi connectivity index (χ3n) is 6.76. The van der Waals surface area contributed by atoms with Crippen LogP contribution in [-0.4, -0.2) is 58.8 Å². The summed E-state index contributed by atoms with van der Waals surface area (Å²) >= 11 is 0. The summed E-state index contributed by atoms with van der Waals surface area (Å²) in [6.07, 6.45) is 6.81. The molecular formula is C27H35FN4O4. The van der Waals surface area contributed by atoms with E-state index in [0.717, 1.165) is 69.5 Å². The Hall–Kier alpha value is -3.20. The number of hydrogen-bond acceptors (Lipinski definition) is 6. The number of aromatic nitrogens is 1. The van der Waals surface area contributed by atoms with Crippen LogP contribution in [0, 0.1) is 5.82 Å². The van der Waals surface area contributed by atoms with Gasteiger partial charge in [-0.2, -0.15) is 0 Å². The topological polar surface area (TPSA) is 104 Å². The lowest BCUT2D eigenvalue weighted by Gasteiger charge is -2.24. The number of amides is 1. The van der Waals surface area contributed by atoms with E-state index >= 15 is 0 Å². The van der Waals surface area contributed by atoms with Crippen molar-refractivity contribution < 1.29 is 23.8 Å². The lowest BCUT2D eigenvalue weighted by Crippen LogP contribution is -2.43. The molecule has 0 unspecified atom stereocenters. The fourth-order valence-electron chi connectivity index (χ4n) is 4.54. The number of fused-ring (bicyclic) bond motifs is 1. The fourth-order valence-corrected chi connectivity index (χ4v) is 4.54. The highest BCUT2D eigenvalue weighted by molar-refractivity contribution is 5.79. The molecule has 36 heavy (non-hydrogen) atoms. The second kappa shape index (κ2) is 12.7. The lowest BCUT2D eigenvalue weighted by atomic mass is 10.1. The van der Waals surface area contributed by atoms with Gasteiger partial charge in [0.15, 0.2) is 0 Å². The minimum absolute atomic E-state index is 0.237. The third-order valence-corrected chi connectivity index (χ3v) is 6.76. The average Bonchev–Trinajstić information content (AvgIpc) is 3.72. The number of halogens is 1. The van der Waals surface area contributed by atoms with E-state index in [1.807, 2.05) is 0 Å². The van der Waals surface area contributed by atoms with Crippen molar-refractivity contribution >= 4 is 17.9 Å². The van der Waals surface area contributed by atoms with Gasteiger partial charge in [0.2, 0.25) is 0 Å². The first-order chi connectivity index (χ1) is 17.5. The van der Waals surface area contributed by atoms with Crippen LogP contribution in [0.4, 0.5) is 15.0 Å². The Morgan fingerprint density at radius 3 is 2.81 bits per heavy atom. The molecule has 1 aromatic heterocycles. The van der Waals surface area contributed by atoms with Crippen molar-refractivity contribution in [1.29, 1.82) is 0 Å². The highest BCUT2D eigenvalue weighted by Gasteiger charge is 2.30. The first-order valence-corrected chi connectivity index (χ1v) is 12.9. The highest BCUT2D eigenvalue weighted by Crippen LogP contribution is 2.27. The Morgan fingerprint density at radius 2 is 2.03 bits per heavy atom. The van der Waals surface area contributed by atoms with Gasteiger partial charge in [-0.05, 0) is 75.6 Å². The van der Waals surface area contributed by atoms with Gasteiger partial charge < -0.3 is 25.4 Å². The summed E-state index contributed by atoms with van der Waals surface area (Å²) in [7, 11) is 0. The number of nitrogens with zero attached hydrogens (tertiary/aromatic N) is 2. The van der Waals surface area contributed by atoms with Crippen LogP contribution in [-0.2, 0) is 29.0 Å². The lowest BCUT2D eigenvalue weighted by molar-refractivity contribution is -0.139. The molecule has 1 aromatic carbocycles. The molecule has 1 atom stereocenters. The molecule has 2 heterocycles. The van der Waals surface area contributed by atoms with Crippen LogP contribution in [0.2, 0.25) is 0 Å². The van der Waals surface area contributed by atoms with Crippen LogP contribution >= 0.6 is 0 Å². The number of unbranched alkanes of at least 4 members (excludes halogenated alkanes) is 1. The van der Waals surface area contributed by atoms with Crippen molar-refractivity contribution in [2.24, 2.45) is 0 Å². The Kier molecular flexibility index (Phi) is 9.11. The molecular weight excluding hydrogens is 463 g/mol. The molecule has 2 aliphatic rings. The molecule has 9 heteroatoms. The van der Waals surface area contributed by atoms with E-state index in [1.54, 1.807) is 12.1 Å². The minimum Gasteiger partial charge on any atom is -0.480 e. The number of anilines is 1. The Labute approximate surface area is 211 Å². The number of carbonyl (C=O) groups is 2. The number of aliphatic carboxylic acids is 1. The molecule has 3 N–H and O–H groups in total. The van der Waals surface area contributed by atoms with Crippen molar-refractivity contribution in [2.45, 2.75) is 70.1 Å². The van der Waals surface area contributed by atoms with Crippen LogP contribution in [0.1, 0.15) is 55.3 Å². The molecule has 4 rings (SSSR count). The van der Waals surface area contributed by atoms with Crippen molar-refractivity contribution in [3.63, 3.8) is 0 Å². The second-order valence-corrected chi connectivity index (χ2v) is 9.56. The van der Waals surface area contributed by atoms with Crippen LogP contribution in [0.25, 0.3) is 0 Å². The predicted octanol–water partition coefficient (Wildman–Crippen LogP) is 4.14. The van der Waals surface area contributed by atoms with E-state index in [1.165, 1.54) is 17.7 Å². The van der Waals surface area contributed by atoms with E-state index in [2.05, 4.69) is 27.7 Å². The Morgan fingerprint density at radius 1 is 1.19 bits per heavy atom. The van der Waals surface area contributed by atoms with E-state index < -0.39 is 23.9 Å². The van der Waals surface area contributed by atoms with Crippen molar-refractivity contribution in [1.82, 2.24) is 15.2 Å². The van der Waals surface area contributed by atoms with Gasteiger partial charge in [0, 0.05) is 30.4 Å². The predicted molar refractivity (Wildman–Crippen MR) is 134 cm³/mol. The van der Waals surface area contributed by atoms with Crippen molar-refractivity contribution in [3.05, 3.63) is 59.0 Å². The molecule has 0 bridgehead atoms. The van der Waals surface area contributed by atoms with Crippen molar-refractivity contribution in [3.8, 4) is 0 Å². The molecule has 194 valence electrons. The Balaban J connectivity index is 1.19. The molecule has 0 spiro atoms. The van der Waals surface area contributed by atoms with Gasteiger partial charge >= 0.3 is 12.1 Å². The van der Waals surface area contributed by atoms with Crippen LogP contribution in [0.15, 0.2) is 36.4 Å². The molecule has 8 nitrogen and oxygen atoms in total. The van der Waals surface area contributed by atoms with Crippen LogP contribution < -0.4 is 10.6 Å². The number of carbonyl (C=O) groups excluding carboxylic acids is 1. The second-order valence-electron chi connectivity index (χ2n) is 9.56. The molecule has 0 saturated heterocycles. The SMILES string of the molecule is O=C(N[C@@H](CCN(CCCCc1ccc2c(n1)NCCC2)C1CC1)C(=O)O)OCc1ccccc1F. The molecule has 1 fully saturated rings. The summed E-state index contributed by atoms with van der Waals surface area (Å²) in [5.41, 5.74) is 2.63. The van der Waals surface area contributed by atoms with E-state index in [4.69, 9.17) is 9.72 Å². The number of carboxylic acids is 1. The van der Waals surface area contributed by atoms with Crippen molar-refractivity contribution in [2.75, 3.05) is 25.0 Å². The summed E-state index contributed by atoms with van der Waals surface area (Å²) in [5.74, 6) is -0.557. The third kappa shape index (κ3) is 7.65. The molecule has 1 saturated carbocycles. The number of hydrogen-bond donors (Lipinski definition) is 3. The monoisotopic (exact) mass is 498 g/mol. The number of carboxylic acid groups (broad SMARTS) is 1. The molecule has 0 radical (unpaired) electrons. The number of nitrogens with one attached hydrogen (secondary N) is 2. The zero-order valence-corrected chi connectivity index (χ0v) is 20.5. The number of alkyl carbamates (subject to hydrolysis) is 1. The summed E-state index contributed by atoms with van der Waals surface area (Å²) < 4.78 is 18.7. The van der Waals surface area contributed by atoms with Gasteiger partial charge in [-0.3, -0.25) is 0 Å². The summed E-state index contributed by atoms with van der Waals surface area (Å²) in [6.45, 7) is 2.19. The molecule has 1 amide bonds. The first kappa shape index (κ1) is 25.9. The normalized spacial score (nSPS) is 15.6. The maximum absolute atomic E-state index is 13.7. The maximum Gasteiger partial charge on any atom is 0.408 e. The zero-order chi connectivity index (χ0) is 25.3. The van der Waals surface area contributed by atoms with Gasteiger partial charge in [0.25, 0.3) is 0 Å². The van der Waals surface area contributed by atoms with Gasteiger partial charge in [-0.1, -0.05) is 24.3 Å². The van der Waals surface area contributed by atoms with Crippen LogP contribution in [0.3, 0.4) is 0 Å². The van der Waals surface area contributed by atoms with Gasteiger partial charge in [0.1, 0.15) is 24.3 Å². The number of pyridine rings is 1. The van der Waals surface area contributed by atoms with E-state index in [-0.39, 0.29) is 18.6 Å². The fraction of sp³-hybridized carbons (Fsp3) is 0.519. The standard InChI is InChI=1S/C27H35FN4O4/c28-23-9-2-1-6-20(23)18-36-27(35)31-24(26(33)34)14-17-32(22-12-13-22)16-4-3-8-21-11-10-19-7-5-15-29-25(19)30-21/h1-2,6,9-11,22,24H,3-5,7-8,12-18H2,(H,29,30)(H,31,35)(H,33,34)/t24-/m0/s1. The molecule has 2 aromatic rings. The van der Waals surface area contributed by atoms with Gasteiger partial charge in [-0.25, -0.2) is 19.0 Å². The number of rotatable bonds is 13. The maximum atomic E-state index is 13.7. The smallest absolute Gasteiger partial charge is 0.408 e. The first-order valence-electron chi connectivity index (χ1n) is 12.9. The average molecular weight is 499 g/mol. The highest BCUT2D eigenvalue weighted by atomic mass is 19.1. The van der Waals surface area contributed by atoms with Crippen LogP contribution in [0.5, 0.6) is 0 Å². The number of benzene rings is 1. The molecule has 1 aliphatic heterocycles. The minimum atomic E-state index is -1.11. The summed E-state index contributed by atoms with van der Waals surface area (Å²) in [6, 6.07) is 9.72. The zero-order valence-electron chi connectivity index (χ0n) is 20.5. The van der Waals surface area contributed by atoms with E-state index in [9.17, 15) is 19.1 Å². The summed E-state index contributed by atoms with van der Waals surface area (Å²) in [5, 5.41) is 15.4. The number of ether oxygens (including phenoxy) is 1. The quantitative estimate of drug-likeness (QED) is 0.357. The summed E-state index contributed by atoms with van der Waals surface area (Å²) in [4.78, 5) is 30.9. The Bertz CT molecular complexity index is 1050.